The Balaban J connectivity index is 1.54. The van der Waals surface area contributed by atoms with Gasteiger partial charge in [0, 0.05) is 19.4 Å². The van der Waals surface area contributed by atoms with E-state index < -0.39 is 12.1 Å². The number of thiophene rings is 1. The normalized spacial score (nSPS) is 18.1. The third-order valence-electron chi connectivity index (χ3n) is 3.46. The van der Waals surface area contributed by atoms with E-state index in [1.54, 1.807) is 0 Å². The molecule has 3 rings (SSSR count). The maximum atomic E-state index is 12.2. The van der Waals surface area contributed by atoms with Crippen LogP contribution in [0.5, 0.6) is 0 Å². The number of nitrogens with zero attached hydrogens (tertiary/aromatic N) is 3. The number of amides is 1. The summed E-state index contributed by atoms with van der Waals surface area (Å²) >= 11 is 1.51. The van der Waals surface area contributed by atoms with Crippen molar-refractivity contribution in [1.29, 1.82) is 0 Å². The molecule has 122 valence electrons. The molecule has 2 aromatic rings. The van der Waals surface area contributed by atoms with Gasteiger partial charge in [-0.05, 0) is 11.4 Å². The van der Waals surface area contributed by atoms with Crippen LogP contribution >= 0.6 is 11.3 Å². The van der Waals surface area contributed by atoms with Gasteiger partial charge in [-0.15, -0.1) is 11.3 Å². The van der Waals surface area contributed by atoms with E-state index in [2.05, 4.69) is 10.1 Å². The number of carboxylic acids is 1. The third kappa shape index (κ3) is 3.74. The number of aromatic nitrogens is 2. The molecule has 0 bridgehead atoms. The minimum absolute atomic E-state index is 0.0679. The van der Waals surface area contributed by atoms with Crippen LogP contribution in [-0.2, 0) is 20.7 Å². The summed E-state index contributed by atoms with van der Waals surface area (Å²) in [5.74, 6) is -0.292. The first-order valence-electron chi connectivity index (χ1n) is 7.12. The molecule has 0 aromatic carbocycles. The highest BCUT2D eigenvalue weighted by Crippen LogP contribution is 2.21. The lowest BCUT2D eigenvalue weighted by atomic mass is 10.2. The summed E-state index contributed by atoms with van der Waals surface area (Å²) in [6.07, 6.45) is -0.438. The Labute approximate surface area is 135 Å². The second-order valence-electron chi connectivity index (χ2n) is 5.03. The van der Waals surface area contributed by atoms with E-state index in [4.69, 9.17) is 14.4 Å². The fourth-order valence-electron chi connectivity index (χ4n) is 2.26. The molecule has 1 N–H and O–H groups in total. The maximum absolute atomic E-state index is 12.2. The zero-order valence-electron chi connectivity index (χ0n) is 12.2. The molecule has 0 aliphatic carbocycles. The van der Waals surface area contributed by atoms with Gasteiger partial charge in [-0.3, -0.25) is 4.79 Å². The van der Waals surface area contributed by atoms with Crippen LogP contribution in [0.25, 0.3) is 10.7 Å². The number of hydrogen-bond acceptors (Lipinski definition) is 7. The first-order valence-corrected chi connectivity index (χ1v) is 8.00. The van der Waals surface area contributed by atoms with Gasteiger partial charge in [0.2, 0.25) is 17.6 Å². The fraction of sp³-hybridized carbons (Fsp3) is 0.429. The van der Waals surface area contributed by atoms with E-state index in [-0.39, 0.29) is 25.5 Å². The number of rotatable bonds is 5. The van der Waals surface area contributed by atoms with Gasteiger partial charge in [-0.2, -0.15) is 4.98 Å². The Kier molecular flexibility index (Phi) is 4.68. The Bertz CT molecular complexity index is 684. The summed E-state index contributed by atoms with van der Waals surface area (Å²) in [5.41, 5.74) is 0. The molecule has 23 heavy (non-hydrogen) atoms. The number of aliphatic carboxylic acids is 1. The van der Waals surface area contributed by atoms with Crippen LogP contribution in [0.4, 0.5) is 0 Å². The molecular weight excluding hydrogens is 322 g/mol. The Morgan fingerprint density at radius 1 is 1.48 bits per heavy atom. The van der Waals surface area contributed by atoms with Crippen molar-refractivity contribution in [2.45, 2.75) is 18.9 Å². The number of carboxylic acid groups (broad SMARTS) is 1. The first-order chi connectivity index (χ1) is 11.1. The summed E-state index contributed by atoms with van der Waals surface area (Å²) in [7, 11) is 0. The highest BCUT2D eigenvalue weighted by atomic mass is 32.1. The quantitative estimate of drug-likeness (QED) is 0.869. The number of carbonyl (C=O) groups is 2. The van der Waals surface area contributed by atoms with Crippen molar-refractivity contribution < 1.29 is 24.0 Å². The standard InChI is InChI=1S/C14H15N3O5S/c18-12(17-5-6-21-9(8-17)14(19)20)4-3-11-15-13(16-22-11)10-2-1-7-23-10/h1-2,7,9H,3-6,8H2,(H,19,20). The number of hydrogen-bond donors (Lipinski definition) is 1. The Hall–Kier alpha value is -2.26. The van der Waals surface area contributed by atoms with Crippen molar-refractivity contribution in [2.75, 3.05) is 19.7 Å². The van der Waals surface area contributed by atoms with Gasteiger partial charge in [0.15, 0.2) is 6.10 Å². The predicted molar refractivity (Wildman–Crippen MR) is 79.9 cm³/mol. The summed E-state index contributed by atoms with van der Waals surface area (Å²) in [4.78, 5) is 29.7. The highest BCUT2D eigenvalue weighted by Gasteiger charge is 2.28. The topological polar surface area (TPSA) is 106 Å². The molecule has 0 radical (unpaired) electrons. The zero-order chi connectivity index (χ0) is 16.2. The lowest BCUT2D eigenvalue weighted by molar-refractivity contribution is -0.159. The third-order valence-corrected chi connectivity index (χ3v) is 4.32. The molecule has 1 fully saturated rings. The largest absolute Gasteiger partial charge is 0.479 e. The van der Waals surface area contributed by atoms with Crippen molar-refractivity contribution >= 4 is 23.2 Å². The van der Waals surface area contributed by atoms with Gasteiger partial charge >= 0.3 is 5.97 Å². The SMILES string of the molecule is O=C(O)C1CN(C(=O)CCc2nc(-c3cccs3)no2)CCO1. The molecule has 1 saturated heterocycles. The monoisotopic (exact) mass is 337 g/mol. The van der Waals surface area contributed by atoms with E-state index in [9.17, 15) is 9.59 Å². The predicted octanol–water partition coefficient (Wildman–Crippen LogP) is 1.04. The van der Waals surface area contributed by atoms with Gasteiger partial charge < -0.3 is 19.3 Å². The van der Waals surface area contributed by atoms with E-state index in [1.165, 1.54) is 16.2 Å². The average Bonchev–Trinajstić information content (AvgIpc) is 3.23. The van der Waals surface area contributed by atoms with Crippen LogP contribution < -0.4 is 0 Å². The lowest BCUT2D eigenvalue weighted by Gasteiger charge is -2.30. The molecule has 9 heteroatoms. The molecule has 2 aromatic heterocycles. The smallest absolute Gasteiger partial charge is 0.334 e. The number of aryl methyl sites for hydroxylation is 1. The van der Waals surface area contributed by atoms with Gasteiger partial charge in [0.25, 0.3) is 0 Å². The van der Waals surface area contributed by atoms with E-state index in [0.717, 1.165) is 4.88 Å². The zero-order valence-corrected chi connectivity index (χ0v) is 13.0. The number of carbonyl (C=O) groups excluding carboxylic acids is 1. The molecule has 0 spiro atoms. The highest BCUT2D eigenvalue weighted by molar-refractivity contribution is 7.13. The minimum Gasteiger partial charge on any atom is -0.479 e. The van der Waals surface area contributed by atoms with E-state index in [0.29, 0.717) is 24.7 Å². The van der Waals surface area contributed by atoms with Crippen LogP contribution in [-0.4, -0.2) is 57.8 Å². The van der Waals surface area contributed by atoms with Crippen LogP contribution in [0.2, 0.25) is 0 Å². The summed E-state index contributed by atoms with van der Waals surface area (Å²) in [5, 5.41) is 14.8. The van der Waals surface area contributed by atoms with Gasteiger partial charge in [0.1, 0.15) is 0 Å². The molecule has 3 heterocycles. The average molecular weight is 337 g/mol. The molecule has 1 aliphatic heterocycles. The van der Waals surface area contributed by atoms with Crippen LogP contribution in [0, 0.1) is 0 Å². The molecule has 1 unspecified atom stereocenters. The van der Waals surface area contributed by atoms with E-state index >= 15 is 0 Å². The van der Waals surface area contributed by atoms with Crippen LogP contribution in [0.15, 0.2) is 22.0 Å². The summed E-state index contributed by atoms with van der Waals surface area (Å²) in [6, 6.07) is 3.79. The second-order valence-corrected chi connectivity index (χ2v) is 5.97. The maximum Gasteiger partial charge on any atom is 0.334 e. The van der Waals surface area contributed by atoms with Crippen molar-refractivity contribution in [3.05, 3.63) is 23.4 Å². The van der Waals surface area contributed by atoms with Crippen LogP contribution in [0.1, 0.15) is 12.3 Å². The molecule has 1 atom stereocenters. The van der Waals surface area contributed by atoms with Gasteiger partial charge in [-0.25, -0.2) is 4.79 Å². The minimum atomic E-state index is -1.06. The molecule has 1 amide bonds. The summed E-state index contributed by atoms with van der Waals surface area (Å²) in [6.45, 7) is 0.692. The number of ether oxygens (including phenoxy) is 1. The van der Waals surface area contributed by atoms with Crippen molar-refractivity contribution in [2.24, 2.45) is 0 Å². The Morgan fingerprint density at radius 2 is 2.35 bits per heavy atom. The number of morpholine rings is 1. The van der Waals surface area contributed by atoms with Gasteiger partial charge in [0.05, 0.1) is 18.0 Å². The van der Waals surface area contributed by atoms with E-state index in [1.807, 2.05) is 17.5 Å². The second kappa shape index (κ2) is 6.88. The fourth-order valence-corrected chi connectivity index (χ4v) is 2.91. The summed E-state index contributed by atoms with van der Waals surface area (Å²) < 4.78 is 10.2. The Morgan fingerprint density at radius 3 is 3.09 bits per heavy atom. The van der Waals surface area contributed by atoms with Crippen molar-refractivity contribution in [3.8, 4) is 10.7 Å². The van der Waals surface area contributed by atoms with Gasteiger partial charge in [-0.1, -0.05) is 11.2 Å². The molecular formula is C14H15N3O5S. The van der Waals surface area contributed by atoms with Crippen molar-refractivity contribution in [3.63, 3.8) is 0 Å². The molecule has 8 nitrogen and oxygen atoms in total. The first kappa shape index (κ1) is 15.6. The van der Waals surface area contributed by atoms with Crippen molar-refractivity contribution in [1.82, 2.24) is 15.0 Å². The molecule has 1 aliphatic rings. The molecule has 0 saturated carbocycles. The lowest BCUT2D eigenvalue weighted by Crippen LogP contribution is -2.48. The van der Waals surface area contributed by atoms with Crippen LogP contribution in [0.3, 0.4) is 0 Å².